The summed E-state index contributed by atoms with van der Waals surface area (Å²) in [7, 11) is -3.99. The van der Waals surface area contributed by atoms with Crippen molar-refractivity contribution in [1.82, 2.24) is 9.62 Å². The van der Waals surface area contributed by atoms with Crippen molar-refractivity contribution in [3.05, 3.63) is 95.6 Å². The molecule has 2 amide bonds. The van der Waals surface area contributed by atoms with Crippen molar-refractivity contribution >= 4 is 27.5 Å². The minimum Gasteiger partial charge on any atom is -0.348 e. The van der Waals surface area contributed by atoms with Crippen LogP contribution < -0.4 is 10.6 Å². The first-order valence-electron chi connectivity index (χ1n) is 11.5. The van der Waals surface area contributed by atoms with Gasteiger partial charge in [0.1, 0.15) is 0 Å². The highest BCUT2D eigenvalue weighted by Crippen LogP contribution is 2.21. The molecule has 8 heteroatoms. The molecule has 184 valence electrons. The van der Waals surface area contributed by atoms with Gasteiger partial charge in [0.25, 0.3) is 0 Å². The minimum absolute atomic E-state index is 0.0403. The zero-order valence-corrected chi connectivity index (χ0v) is 21.0. The monoisotopic (exact) mass is 493 g/mol. The normalized spacial score (nSPS) is 12.2. The Labute approximate surface area is 207 Å². The van der Waals surface area contributed by atoms with Crippen LogP contribution in [-0.2, 0) is 32.6 Å². The molecule has 0 spiro atoms. The van der Waals surface area contributed by atoms with Crippen molar-refractivity contribution in [2.75, 3.05) is 11.9 Å². The van der Waals surface area contributed by atoms with Crippen molar-refractivity contribution in [2.24, 2.45) is 0 Å². The molecule has 0 saturated heterocycles. The lowest BCUT2D eigenvalue weighted by molar-refractivity contribution is -0.122. The molecule has 0 saturated carbocycles. The Morgan fingerprint density at radius 2 is 1.51 bits per heavy atom. The second kappa shape index (κ2) is 11.8. The molecule has 3 rings (SSSR count). The van der Waals surface area contributed by atoms with Crippen LogP contribution in [0, 0.1) is 0 Å². The molecular weight excluding hydrogens is 462 g/mol. The minimum atomic E-state index is -3.99. The van der Waals surface area contributed by atoms with E-state index >= 15 is 0 Å². The third-order valence-corrected chi connectivity index (χ3v) is 7.41. The first-order valence-corrected chi connectivity index (χ1v) is 12.9. The van der Waals surface area contributed by atoms with E-state index < -0.39 is 15.9 Å². The number of sulfonamides is 1. The van der Waals surface area contributed by atoms with Crippen molar-refractivity contribution < 1.29 is 18.0 Å². The Hall–Kier alpha value is -3.49. The quantitative estimate of drug-likeness (QED) is 0.441. The molecule has 7 nitrogen and oxygen atoms in total. The lowest BCUT2D eigenvalue weighted by Gasteiger charge is -2.23. The second-order valence-corrected chi connectivity index (χ2v) is 10.3. The predicted octanol–water partition coefficient (Wildman–Crippen LogP) is 4.28. The lowest BCUT2D eigenvalue weighted by Crippen LogP contribution is -2.41. The summed E-state index contributed by atoms with van der Waals surface area (Å²) in [6.45, 7) is 5.04. The Bertz CT molecular complexity index is 1240. The van der Waals surface area contributed by atoms with Crippen LogP contribution in [0.25, 0.3) is 0 Å². The number of nitrogens with one attached hydrogen (secondary N) is 2. The highest BCUT2D eigenvalue weighted by Gasteiger charge is 2.27. The molecule has 2 N–H and O–H groups in total. The average molecular weight is 494 g/mol. The summed E-state index contributed by atoms with van der Waals surface area (Å²) >= 11 is 0. The van der Waals surface area contributed by atoms with Crippen molar-refractivity contribution in [3.63, 3.8) is 0 Å². The van der Waals surface area contributed by atoms with E-state index in [1.165, 1.54) is 36.8 Å². The average Bonchev–Trinajstić information content (AvgIpc) is 2.84. The zero-order valence-electron chi connectivity index (χ0n) is 20.2. The van der Waals surface area contributed by atoms with Crippen LogP contribution in [0.15, 0.2) is 83.8 Å². The van der Waals surface area contributed by atoms with Crippen LogP contribution >= 0.6 is 0 Å². The molecule has 0 fully saturated rings. The molecule has 0 bridgehead atoms. The molecule has 0 unspecified atom stereocenters. The fraction of sp³-hybridized carbons (Fsp3) is 0.259. The summed E-state index contributed by atoms with van der Waals surface area (Å²) in [5, 5.41) is 5.53. The van der Waals surface area contributed by atoms with Crippen molar-refractivity contribution in [1.29, 1.82) is 0 Å². The van der Waals surface area contributed by atoms with Gasteiger partial charge in [-0.3, -0.25) is 9.59 Å². The molecule has 0 aliphatic carbocycles. The molecule has 3 aromatic rings. The fourth-order valence-corrected chi connectivity index (χ4v) is 5.03. The molecule has 0 radical (unpaired) electrons. The summed E-state index contributed by atoms with van der Waals surface area (Å²) in [6.07, 6.45) is 0.930. The number of amides is 2. The number of anilines is 1. The number of carbonyl (C=O) groups is 2. The van der Waals surface area contributed by atoms with Gasteiger partial charge in [-0.05, 0) is 54.3 Å². The van der Waals surface area contributed by atoms with E-state index in [4.69, 9.17) is 0 Å². The number of nitrogens with zero attached hydrogens (tertiary/aromatic N) is 1. The molecule has 1 atom stereocenters. The van der Waals surface area contributed by atoms with Crippen LogP contribution in [0.4, 0.5) is 5.69 Å². The Kier molecular flexibility index (Phi) is 8.78. The Balaban J connectivity index is 1.80. The molecule has 3 aromatic carbocycles. The van der Waals surface area contributed by atoms with Gasteiger partial charge in [-0.25, -0.2) is 8.42 Å². The smallest absolute Gasteiger partial charge is 0.243 e. The van der Waals surface area contributed by atoms with E-state index in [1.807, 2.05) is 61.5 Å². The van der Waals surface area contributed by atoms with Gasteiger partial charge in [0, 0.05) is 19.2 Å². The zero-order chi connectivity index (χ0) is 25.4. The van der Waals surface area contributed by atoms with Gasteiger partial charge >= 0.3 is 0 Å². The van der Waals surface area contributed by atoms with E-state index in [0.29, 0.717) is 5.69 Å². The molecule has 0 heterocycles. The summed E-state index contributed by atoms with van der Waals surface area (Å²) in [6, 6.07) is 22.7. The number of hydrogen-bond acceptors (Lipinski definition) is 4. The topological polar surface area (TPSA) is 95.6 Å². The SMILES string of the molecule is CCc1ccc([C@@H](C)NC(=O)CN(Cc2ccccc2)S(=O)(=O)c2ccc(NC(C)=O)cc2)cc1. The Morgan fingerprint density at radius 1 is 0.886 bits per heavy atom. The van der Waals surface area contributed by atoms with Gasteiger partial charge in [-0.1, -0.05) is 61.5 Å². The summed E-state index contributed by atoms with van der Waals surface area (Å²) in [5.74, 6) is -0.645. The number of carbonyl (C=O) groups excluding carboxylic acids is 2. The third-order valence-electron chi connectivity index (χ3n) is 5.60. The standard InChI is InChI=1S/C27H31N3O4S/c1-4-22-10-12-24(13-11-22)20(2)28-27(32)19-30(18-23-8-6-5-7-9-23)35(33,34)26-16-14-25(15-17-26)29-21(3)31/h5-17,20H,4,18-19H2,1-3H3,(H,28,32)(H,29,31)/t20-/m1/s1. The van der Waals surface area contributed by atoms with Gasteiger partial charge in [-0.2, -0.15) is 4.31 Å². The number of rotatable bonds is 10. The maximum Gasteiger partial charge on any atom is 0.243 e. The van der Waals surface area contributed by atoms with Gasteiger partial charge in [0.15, 0.2) is 0 Å². The van der Waals surface area contributed by atoms with E-state index in [0.717, 1.165) is 21.9 Å². The van der Waals surface area contributed by atoms with Crippen LogP contribution in [0.2, 0.25) is 0 Å². The third kappa shape index (κ3) is 7.24. The first kappa shape index (κ1) is 26.1. The largest absolute Gasteiger partial charge is 0.348 e. The number of aryl methyl sites for hydroxylation is 1. The van der Waals surface area contributed by atoms with E-state index in [2.05, 4.69) is 17.6 Å². The van der Waals surface area contributed by atoms with Gasteiger partial charge in [0.05, 0.1) is 17.5 Å². The van der Waals surface area contributed by atoms with Gasteiger partial charge in [0.2, 0.25) is 21.8 Å². The Morgan fingerprint density at radius 3 is 2.09 bits per heavy atom. The van der Waals surface area contributed by atoms with E-state index in [1.54, 1.807) is 0 Å². The number of hydrogen-bond donors (Lipinski definition) is 2. The first-order chi connectivity index (χ1) is 16.7. The van der Waals surface area contributed by atoms with Crippen molar-refractivity contribution in [2.45, 2.75) is 44.7 Å². The second-order valence-electron chi connectivity index (χ2n) is 8.35. The summed E-state index contributed by atoms with van der Waals surface area (Å²) < 4.78 is 28.1. The van der Waals surface area contributed by atoms with Crippen molar-refractivity contribution in [3.8, 4) is 0 Å². The predicted molar refractivity (Wildman–Crippen MR) is 137 cm³/mol. The molecule has 0 aliphatic rings. The van der Waals surface area contributed by atoms with Gasteiger partial charge in [-0.15, -0.1) is 0 Å². The highest BCUT2D eigenvalue weighted by atomic mass is 32.2. The van der Waals surface area contributed by atoms with Gasteiger partial charge < -0.3 is 10.6 Å². The van der Waals surface area contributed by atoms with E-state index in [-0.39, 0.29) is 29.9 Å². The van der Waals surface area contributed by atoms with E-state index in [9.17, 15) is 18.0 Å². The molecular formula is C27H31N3O4S. The molecule has 0 aromatic heterocycles. The summed E-state index contributed by atoms with van der Waals surface area (Å²) in [5.41, 5.74) is 3.41. The van der Waals surface area contributed by atoms with Crippen LogP contribution in [0.5, 0.6) is 0 Å². The van der Waals surface area contributed by atoms with Crippen LogP contribution in [0.3, 0.4) is 0 Å². The summed E-state index contributed by atoms with van der Waals surface area (Å²) in [4.78, 5) is 24.2. The lowest BCUT2D eigenvalue weighted by atomic mass is 10.1. The number of benzene rings is 3. The highest BCUT2D eigenvalue weighted by molar-refractivity contribution is 7.89. The van der Waals surface area contributed by atoms with Crippen LogP contribution in [-0.4, -0.2) is 31.1 Å². The van der Waals surface area contributed by atoms with Crippen LogP contribution in [0.1, 0.15) is 43.5 Å². The fourth-order valence-electron chi connectivity index (χ4n) is 3.65. The maximum atomic E-state index is 13.5. The maximum absolute atomic E-state index is 13.5. The molecule has 0 aliphatic heterocycles. The molecule has 35 heavy (non-hydrogen) atoms.